The third-order valence-corrected chi connectivity index (χ3v) is 3.52. The van der Waals surface area contributed by atoms with Gasteiger partial charge in [-0.15, -0.1) is 0 Å². The average Bonchev–Trinajstić information content (AvgIpc) is 2.59. The van der Waals surface area contributed by atoms with Crippen LogP contribution < -0.4 is 10.6 Å². The number of aliphatic carboxylic acids is 1. The van der Waals surface area contributed by atoms with Crippen molar-refractivity contribution in [3.63, 3.8) is 0 Å². The van der Waals surface area contributed by atoms with Gasteiger partial charge in [-0.1, -0.05) is 37.3 Å². The second-order valence-corrected chi connectivity index (χ2v) is 5.69. The second kappa shape index (κ2) is 11.9. The van der Waals surface area contributed by atoms with Crippen LogP contribution in [-0.4, -0.2) is 35.7 Å². The molecule has 0 aliphatic heterocycles. The van der Waals surface area contributed by atoms with Gasteiger partial charge in [0.05, 0.1) is 0 Å². The summed E-state index contributed by atoms with van der Waals surface area (Å²) in [6.07, 6.45) is 2.03. The van der Waals surface area contributed by atoms with Crippen molar-refractivity contribution >= 4 is 18.0 Å². The first kappa shape index (κ1) is 20.5. The van der Waals surface area contributed by atoms with Crippen LogP contribution in [0.15, 0.2) is 30.3 Å². The van der Waals surface area contributed by atoms with Gasteiger partial charge >= 0.3 is 12.1 Å². The minimum Gasteiger partial charge on any atom is -0.480 e. The number of amides is 2. The average molecular weight is 350 g/mol. The molecule has 1 rings (SSSR count). The van der Waals surface area contributed by atoms with Gasteiger partial charge in [0.1, 0.15) is 12.6 Å². The molecule has 2 amide bonds. The number of nitrogens with one attached hydrogen (secondary N) is 2. The van der Waals surface area contributed by atoms with E-state index in [1.165, 1.54) is 0 Å². The molecule has 138 valence electrons. The third kappa shape index (κ3) is 9.34. The van der Waals surface area contributed by atoms with E-state index in [1.54, 1.807) is 0 Å². The van der Waals surface area contributed by atoms with Crippen LogP contribution in [0, 0.1) is 0 Å². The molecule has 0 aliphatic carbocycles. The number of rotatable bonds is 11. The van der Waals surface area contributed by atoms with E-state index in [9.17, 15) is 19.5 Å². The predicted octanol–water partition coefficient (Wildman–Crippen LogP) is 2.45. The van der Waals surface area contributed by atoms with Gasteiger partial charge in [0.25, 0.3) is 0 Å². The van der Waals surface area contributed by atoms with Crippen LogP contribution in [0.25, 0.3) is 0 Å². The zero-order chi connectivity index (χ0) is 18.5. The Bertz CT molecular complexity index is 548. The van der Waals surface area contributed by atoms with Gasteiger partial charge in [0.15, 0.2) is 0 Å². The monoisotopic (exact) mass is 350 g/mol. The number of alkyl carbamates (subject to hydrolysis) is 1. The summed E-state index contributed by atoms with van der Waals surface area (Å²) >= 11 is 0. The van der Waals surface area contributed by atoms with Crippen molar-refractivity contribution in [2.45, 2.75) is 51.7 Å². The topological polar surface area (TPSA) is 105 Å². The highest BCUT2D eigenvalue weighted by atomic mass is 16.5. The maximum Gasteiger partial charge on any atom is 0.408 e. The molecule has 0 spiro atoms. The largest absolute Gasteiger partial charge is 0.480 e. The number of carboxylic acids is 1. The van der Waals surface area contributed by atoms with E-state index >= 15 is 0 Å². The number of benzene rings is 1. The van der Waals surface area contributed by atoms with Crippen LogP contribution in [0.1, 0.15) is 44.6 Å². The first-order valence-electron chi connectivity index (χ1n) is 8.49. The number of ether oxygens (including phenoxy) is 1. The lowest BCUT2D eigenvalue weighted by Crippen LogP contribution is -2.41. The van der Waals surface area contributed by atoms with Crippen molar-refractivity contribution in [2.24, 2.45) is 0 Å². The van der Waals surface area contributed by atoms with Crippen molar-refractivity contribution in [1.29, 1.82) is 0 Å². The minimum atomic E-state index is -1.10. The van der Waals surface area contributed by atoms with E-state index in [0.29, 0.717) is 25.8 Å². The van der Waals surface area contributed by atoms with Gasteiger partial charge in [-0.3, -0.25) is 4.79 Å². The molecular weight excluding hydrogens is 324 g/mol. The van der Waals surface area contributed by atoms with Gasteiger partial charge in [-0.05, 0) is 31.2 Å². The minimum absolute atomic E-state index is 0.0000932. The lowest BCUT2D eigenvalue weighted by atomic mass is 10.1. The van der Waals surface area contributed by atoms with Crippen molar-refractivity contribution in [1.82, 2.24) is 10.6 Å². The molecule has 0 saturated carbocycles. The van der Waals surface area contributed by atoms with E-state index in [1.807, 2.05) is 37.3 Å². The zero-order valence-corrected chi connectivity index (χ0v) is 14.5. The van der Waals surface area contributed by atoms with Gasteiger partial charge in [-0.25, -0.2) is 9.59 Å². The van der Waals surface area contributed by atoms with Crippen LogP contribution >= 0.6 is 0 Å². The molecule has 0 unspecified atom stereocenters. The molecule has 0 aromatic heterocycles. The smallest absolute Gasteiger partial charge is 0.408 e. The standard InChI is InChI=1S/C18H26N2O5/c1-2-8-16(21)19-12-7-6-11-15(17(22)23)20-18(24)25-13-14-9-4-3-5-10-14/h3-5,9-10,15H,2,6-8,11-13H2,1H3,(H,19,21)(H,20,24)(H,22,23)/t15-/m0/s1. The molecule has 0 heterocycles. The number of carboxylic acid groups (broad SMARTS) is 1. The Hall–Kier alpha value is -2.57. The molecule has 0 radical (unpaired) electrons. The Morgan fingerprint density at radius 2 is 1.88 bits per heavy atom. The lowest BCUT2D eigenvalue weighted by molar-refractivity contribution is -0.139. The van der Waals surface area contributed by atoms with Crippen LogP contribution in [0.4, 0.5) is 4.79 Å². The van der Waals surface area contributed by atoms with Crippen molar-refractivity contribution < 1.29 is 24.2 Å². The number of hydrogen-bond donors (Lipinski definition) is 3. The number of carbonyl (C=O) groups excluding carboxylic acids is 2. The summed E-state index contributed by atoms with van der Waals surface area (Å²) in [5.41, 5.74) is 0.826. The zero-order valence-electron chi connectivity index (χ0n) is 14.5. The number of carbonyl (C=O) groups is 3. The fraction of sp³-hybridized carbons (Fsp3) is 0.500. The Balaban J connectivity index is 2.25. The second-order valence-electron chi connectivity index (χ2n) is 5.69. The lowest BCUT2D eigenvalue weighted by Gasteiger charge is -2.14. The van der Waals surface area contributed by atoms with Gasteiger partial charge in [0, 0.05) is 13.0 Å². The van der Waals surface area contributed by atoms with E-state index in [4.69, 9.17) is 4.74 Å². The molecule has 1 aromatic carbocycles. The number of hydrogen-bond acceptors (Lipinski definition) is 4. The summed E-state index contributed by atoms with van der Waals surface area (Å²) in [5, 5.41) is 14.3. The quantitative estimate of drug-likeness (QED) is 0.532. The van der Waals surface area contributed by atoms with Gasteiger partial charge < -0.3 is 20.5 Å². The molecule has 0 bridgehead atoms. The Kier molecular flexibility index (Phi) is 9.74. The molecule has 1 atom stereocenters. The van der Waals surface area contributed by atoms with E-state index in [2.05, 4.69) is 10.6 Å². The summed E-state index contributed by atoms with van der Waals surface area (Å²) in [7, 11) is 0. The SMILES string of the molecule is CCCC(=O)NCCCC[C@H](NC(=O)OCc1ccccc1)C(=O)O. The first-order valence-corrected chi connectivity index (χ1v) is 8.49. The Labute approximate surface area is 147 Å². The molecule has 0 saturated heterocycles. The molecule has 7 heteroatoms. The van der Waals surface area contributed by atoms with Crippen molar-refractivity contribution in [3.8, 4) is 0 Å². The fourth-order valence-electron chi connectivity index (χ4n) is 2.18. The highest BCUT2D eigenvalue weighted by molar-refractivity contribution is 5.79. The summed E-state index contributed by atoms with van der Waals surface area (Å²) in [4.78, 5) is 34.3. The van der Waals surface area contributed by atoms with Crippen molar-refractivity contribution in [3.05, 3.63) is 35.9 Å². The Morgan fingerprint density at radius 1 is 1.16 bits per heavy atom. The summed E-state index contributed by atoms with van der Waals surface area (Å²) in [5.74, 6) is -1.11. The molecule has 7 nitrogen and oxygen atoms in total. The molecule has 0 fully saturated rings. The van der Waals surface area contributed by atoms with Gasteiger partial charge in [0.2, 0.25) is 5.91 Å². The predicted molar refractivity (Wildman–Crippen MR) is 93.0 cm³/mol. The van der Waals surface area contributed by atoms with E-state index < -0.39 is 18.1 Å². The molecule has 3 N–H and O–H groups in total. The van der Waals surface area contributed by atoms with Gasteiger partial charge in [-0.2, -0.15) is 0 Å². The number of unbranched alkanes of at least 4 members (excludes halogenated alkanes) is 1. The van der Waals surface area contributed by atoms with Crippen molar-refractivity contribution in [2.75, 3.05) is 6.54 Å². The first-order chi connectivity index (χ1) is 12.0. The van der Waals surface area contributed by atoms with Crippen LogP contribution in [0.3, 0.4) is 0 Å². The maximum absolute atomic E-state index is 11.7. The van der Waals surface area contributed by atoms with Crippen LogP contribution in [0.2, 0.25) is 0 Å². The van der Waals surface area contributed by atoms with E-state index in [-0.39, 0.29) is 18.9 Å². The Morgan fingerprint density at radius 3 is 2.52 bits per heavy atom. The summed E-state index contributed by atoms with van der Waals surface area (Å²) in [6.45, 7) is 2.52. The van der Waals surface area contributed by atoms with Crippen LogP contribution in [0.5, 0.6) is 0 Å². The molecule has 25 heavy (non-hydrogen) atoms. The highest BCUT2D eigenvalue weighted by Crippen LogP contribution is 2.04. The maximum atomic E-state index is 11.7. The third-order valence-electron chi connectivity index (χ3n) is 3.52. The highest BCUT2D eigenvalue weighted by Gasteiger charge is 2.20. The fourth-order valence-corrected chi connectivity index (χ4v) is 2.18. The molecular formula is C18H26N2O5. The summed E-state index contributed by atoms with van der Waals surface area (Å²) < 4.78 is 5.02. The van der Waals surface area contributed by atoms with E-state index in [0.717, 1.165) is 12.0 Å². The normalized spacial score (nSPS) is 11.4. The van der Waals surface area contributed by atoms with Crippen LogP contribution in [-0.2, 0) is 20.9 Å². The summed E-state index contributed by atoms with van der Waals surface area (Å²) in [6, 6.07) is 8.14. The molecule has 0 aliphatic rings. The molecule has 1 aromatic rings.